The minimum atomic E-state index is -4.43. The molecule has 0 fully saturated rings. The van der Waals surface area contributed by atoms with Crippen LogP contribution in [0.5, 0.6) is 0 Å². The Morgan fingerprint density at radius 3 is 1.94 bits per heavy atom. The quantitative estimate of drug-likeness (QED) is 0.155. The van der Waals surface area contributed by atoms with Crippen molar-refractivity contribution in [3.8, 4) is 5.69 Å². The molecule has 0 saturated heterocycles. The van der Waals surface area contributed by atoms with Gasteiger partial charge in [0.1, 0.15) is 10.1 Å². The van der Waals surface area contributed by atoms with Gasteiger partial charge in [0.15, 0.2) is 0 Å². The first-order valence-corrected chi connectivity index (χ1v) is 24.4. The topological polar surface area (TPSA) is 92.0 Å². The Bertz CT molecular complexity index is 1310. The summed E-state index contributed by atoms with van der Waals surface area (Å²) in [7, 11) is -4.43. The maximum atomic E-state index is 11.5. The van der Waals surface area contributed by atoms with E-state index in [4.69, 9.17) is 5.84 Å². The number of benzene rings is 2. The van der Waals surface area contributed by atoms with Gasteiger partial charge >= 0.3 is 115 Å². The molecule has 0 aliphatic heterocycles. The summed E-state index contributed by atoms with van der Waals surface area (Å²) in [6, 6.07) is 9.90. The Morgan fingerprint density at radius 1 is 0.944 bits per heavy atom. The molecule has 0 aliphatic carbocycles. The first-order chi connectivity index (χ1) is 16.4. The predicted octanol–water partition coefficient (Wildman–Crippen LogP) is 5.75. The van der Waals surface area contributed by atoms with E-state index in [0.29, 0.717) is 11.5 Å². The number of hydrogen-bond donors (Lipinski definition) is 1. The average Bonchev–Trinajstić information content (AvgIpc) is 3.17. The summed E-state index contributed by atoms with van der Waals surface area (Å²) in [4.78, 5) is 7.19. The summed E-state index contributed by atoms with van der Waals surface area (Å²) in [6.45, 7) is 12.1. The maximum absolute atomic E-state index is 11.5. The van der Waals surface area contributed by atoms with Gasteiger partial charge in [-0.15, -0.1) is 0 Å². The molecule has 0 radical (unpaired) electrons. The zero-order chi connectivity index (χ0) is 27.6. The van der Waals surface area contributed by atoms with Gasteiger partial charge < -0.3 is 4.55 Å². The molecule has 3 aromatic rings. The summed E-state index contributed by atoms with van der Waals surface area (Å²) in [6.07, 6.45) is 5.66. The van der Waals surface area contributed by atoms with Crippen LogP contribution >= 0.6 is 15.9 Å². The molecule has 198 valence electrons. The molecule has 0 bridgehead atoms. The van der Waals surface area contributed by atoms with Gasteiger partial charge in [-0.3, -0.25) is 0 Å². The van der Waals surface area contributed by atoms with E-state index >= 15 is 0 Å². The van der Waals surface area contributed by atoms with Crippen molar-refractivity contribution >= 4 is 48.0 Å². The van der Waals surface area contributed by atoms with E-state index in [1.54, 1.807) is 10.7 Å². The number of hydrogen-bond acceptors (Lipinski definition) is 4. The zero-order valence-corrected chi connectivity index (χ0v) is 28.1. The van der Waals surface area contributed by atoms with Crippen LogP contribution in [0.3, 0.4) is 0 Å². The molecule has 0 unspecified atom stereocenters. The van der Waals surface area contributed by atoms with Gasteiger partial charge in [-0.1, -0.05) is 47.6 Å². The first kappa shape index (κ1) is 30.9. The van der Waals surface area contributed by atoms with E-state index in [2.05, 4.69) is 62.8 Å². The van der Waals surface area contributed by atoms with Crippen LogP contribution in [0, 0.1) is 0 Å². The molecule has 3 rings (SSSR count). The van der Waals surface area contributed by atoms with E-state index in [-0.39, 0.29) is 16.7 Å². The molecule has 36 heavy (non-hydrogen) atoms. The fraction of sp³-hybridized carbons (Fsp3) is 0.444. The molecule has 0 aliphatic rings. The Morgan fingerprint density at radius 2 is 1.53 bits per heavy atom. The van der Waals surface area contributed by atoms with E-state index in [0.717, 1.165) is 21.3 Å². The third-order valence-electron chi connectivity index (χ3n) is 6.03. The third-order valence-corrected chi connectivity index (χ3v) is 13.2. The Hall–Kier alpha value is -1.36. The van der Waals surface area contributed by atoms with Gasteiger partial charge in [0.05, 0.1) is 4.90 Å². The number of nitrogen functional groups attached to an aromatic ring is 1. The Balaban J connectivity index is 0.000000255. The fourth-order valence-electron chi connectivity index (χ4n) is 4.27. The van der Waals surface area contributed by atoms with Crippen molar-refractivity contribution < 1.29 is 17.5 Å². The summed E-state index contributed by atoms with van der Waals surface area (Å²) in [5, 5.41) is 0. The van der Waals surface area contributed by atoms with Gasteiger partial charge in [0.25, 0.3) is 0 Å². The molecule has 0 spiro atoms. The summed E-state index contributed by atoms with van der Waals surface area (Å²) in [5.41, 5.74) is 3.99. The van der Waals surface area contributed by atoms with Crippen LogP contribution in [0.4, 0.5) is 0 Å². The molecule has 2 aromatic carbocycles. The Kier molecular flexibility index (Phi) is 10.3. The van der Waals surface area contributed by atoms with Gasteiger partial charge in [-0.2, -0.15) is 0 Å². The van der Waals surface area contributed by atoms with Crippen molar-refractivity contribution in [2.24, 2.45) is 0 Å². The van der Waals surface area contributed by atoms with Crippen LogP contribution in [-0.4, -0.2) is 36.0 Å². The van der Waals surface area contributed by atoms with Crippen molar-refractivity contribution in [1.82, 2.24) is 4.68 Å². The molecular formula is C27H40BrN3O3SSn. The second-order valence-corrected chi connectivity index (χ2v) is 27.9. The number of aromatic nitrogens is 2. The van der Waals surface area contributed by atoms with Crippen molar-refractivity contribution in [3.05, 3.63) is 70.2 Å². The Labute approximate surface area is 229 Å². The SMILES string of the molecule is CC(C)c1ccc(S(=O)(=O)[O-])c(C(C)C)c1C(C)C.[CH3][Sn]([CH3])([CH3])[c]1cc(Br)cc(-[n+]2ccn(N)c2)c1. The monoisotopic (exact) mass is 685 g/mol. The van der Waals surface area contributed by atoms with Crippen LogP contribution in [0.25, 0.3) is 5.69 Å². The van der Waals surface area contributed by atoms with Crippen LogP contribution in [0.1, 0.15) is 76.0 Å². The van der Waals surface area contributed by atoms with E-state index in [9.17, 15) is 13.0 Å². The standard InChI is InChI=1S/C15H24O3S.C9H8BrN3.3CH3.Sn/c1-9(2)12-7-8-13(19(16,17)18)15(11(5)6)14(12)10(3)4;10-8-2-1-3-9(6-8)12-4-5-13(11)7-12;;;;/h7-11H,1-6H3,(H,16,17,18);2-7H,11H2;3*1H3;/q;+1;;;;/p-1. The van der Waals surface area contributed by atoms with Crippen LogP contribution in [0.15, 0.2) is 58.4 Å². The predicted molar refractivity (Wildman–Crippen MR) is 153 cm³/mol. The minimum absolute atomic E-state index is 0.00910. The normalized spacial score (nSPS) is 12.3. The average molecular weight is 685 g/mol. The summed E-state index contributed by atoms with van der Waals surface area (Å²) < 4.78 is 40.6. The fourth-order valence-corrected chi connectivity index (χ4v) is 9.54. The second-order valence-electron chi connectivity index (χ2n) is 11.1. The molecule has 0 atom stereocenters. The van der Waals surface area contributed by atoms with Gasteiger partial charge in [-0.25, -0.2) is 8.42 Å². The molecule has 6 nitrogen and oxygen atoms in total. The summed E-state index contributed by atoms with van der Waals surface area (Å²) in [5.74, 6) is 6.18. The molecule has 1 heterocycles. The molecule has 0 saturated carbocycles. The first-order valence-electron chi connectivity index (χ1n) is 12.2. The second kappa shape index (κ2) is 12.0. The number of imidazole rings is 1. The molecule has 9 heteroatoms. The number of nitrogens with zero attached hydrogens (tertiary/aromatic N) is 2. The molecule has 0 amide bonds. The molecular weight excluding hydrogens is 645 g/mol. The van der Waals surface area contributed by atoms with E-state index in [1.165, 1.54) is 9.65 Å². The third kappa shape index (κ3) is 7.82. The van der Waals surface area contributed by atoms with Crippen molar-refractivity contribution in [3.63, 3.8) is 0 Å². The van der Waals surface area contributed by atoms with Crippen molar-refractivity contribution in [2.75, 3.05) is 5.84 Å². The van der Waals surface area contributed by atoms with Crippen molar-refractivity contribution in [2.45, 2.75) is 79.0 Å². The number of halogens is 1. The zero-order valence-electron chi connectivity index (χ0n) is 22.8. The van der Waals surface area contributed by atoms with Gasteiger partial charge in [-0.05, 0) is 40.5 Å². The van der Waals surface area contributed by atoms with Gasteiger partial charge in [0.2, 0.25) is 0 Å². The van der Waals surface area contributed by atoms with E-state index in [1.807, 2.05) is 51.0 Å². The number of nitrogens with two attached hydrogens (primary N) is 1. The van der Waals surface area contributed by atoms with Crippen molar-refractivity contribution in [1.29, 1.82) is 0 Å². The molecule has 2 N–H and O–H groups in total. The summed E-state index contributed by atoms with van der Waals surface area (Å²) >= 11 is 1.55. The number of rotatable bonds is 6. The van der Waals surface area contributed by atoms with Crippen LogP contribution < -0.4 is 14.0 Å². The van der Waals surface area contributed by atoms with Gasteiger partial charge in [0, 0.05) is 0 Å². The molecule has 1 aromatic heterocycles. The van der Waals surface area contributed by atoms with Crippen LogP contribution in [-0.2, 0) is 10.1 Å². The van der Waals surface area contributed by atoms with Crippen LogP contribution in [0.2, 0.25) is 14.8 Å². The van der Waals surface area contributed by atoms with E-state index < -0.39 is 28.5 Å².